The van der Waals surface area contributed by atoms with E-state index in [2.05, 4.69) is 15.9 Å². The summed E-state index contributed by atoms with van der Waals surface area (Å²) in [5.41, 5.74) is 7.97. The van der Waals surface area contributed by atoms with Crippen LogP contribution < -0.4 is 5.73 Å². The van der Waals surface area contributed by atoms with Crippen molar-refractivity contribution in [2.75, 3.05) is 13.2 Å². The Morgan fingerprint density at radius 2 is 2.04 bits per heavy atom. The number of H-pyrrole nitrogens is 1. The molecule has 124 valence electrons. The molecule has 1 aliphatic heterocycles. The molecular formula is C16H22N4O2S. The van der Waals surface area contributed by atoms with Crippen LogP contribution in [0, 0.1) is 0 Å². The van der Waals surface area contributed by atoms with Gasteiger partial charge in [0.1, 0.15) is 5.01 Å². The first-order chi connectivity index (χ1) is 11.3. The standard InChI is InChI=1S/C15H19N3OS.CH3NO/c1-2-4-13-12(3-1)17-15(20-13)14-11(9-16-18-14)10-5-7-19-8-6-10;2-1-3/h9-10H,1-8H2,(H,16,18);1H,(H2,2,3). The number of nitrogens with zero attached hydrogens (tertiary/aromatic N) is 2. The third-order valence-electron chi connectivity index (χ3n) is 4.39. The van der Waals surface area contributed by atoms with Crippen molar-refractivity contribution in [2.24, 2.45) is 5.73 Å². The highest BCUT2D eigenvalue weighted by atomic mass is 32.1. The molecule has 3 N–H and O–H groups in total. The molecule has 7 heteroatoms. The zero-order chi connectivity index (χ0) is 16.1. The maximum absolute atomic E-state index is 8.58. The van der Waals surface area contributed by atoms with Gasteiger partial charge in [0, 0.05) is 23.7 Å². The van der Waals surface area contributed by atoms with Crippen molar-refractivity contribution in [1.29, 1.82) is 0 Å². The van der Waals surface area contributed by atoms with Crippen molar-refractivity contribution in [3.8, 4) is 10.7 Å². The van der Waals surface area contributed by atoms with Crippen molar-refractivity contribution < 1.29 is 9.53 Å². The molecule has 1 amide bonds. The first-order valence-electron chi connectivity index (χ1n) is 8.08. The van der Waals surface area contributed by atoms with Crippen molar-refractivity contribution in [2.45, 2.75) is 44.4 Å². The number of nitrogens with one attached hydrogen (secondary N) is 1. The highest BCUT2D eigenvalue weighted by Crippen LogP contribution is 2.37. The monoisotopic (exact) mass is 334 g/mol. The van der Waals surface area contributed by atoms with Gasteiger partial charge in [-0.15, -0.1) is 11.3 Å². The molecular weight excluding hydrogens is 312 g/mol. The van der Waals surface area contributed by atoms with Gasteiger partial charge in [-0.1, -0.05) is 0 Å². The average Bonchev–Trinajstić information content (AvgIpc) is 3.23. The fourth-order valence-corrected chi connectivity index (χ4v) is 4.41. The van der Waals surface area contributed by atoms with Crippen LogP contribution in [0.5, 0.6) is 0 Å². The summed E-state index contributed by atoms with van der Waals surface area (Å²) in [6.07, 6.45) is 9.37. The van der Waals surface area contributed by atoms with E-state index >= 15 is 0 Å². The van der Waals surface area contributed by atoms with E-state index in [9.17, 15) is 0 Å². The van der Waals surface area contributed by atoms with Gasteiger partial charge < -0.3 is 10.5 Å². The van der Waals surface area contributed by atoms with Crippen LogP contribution in [0.3, 0.4) is 0 Å². The number of aromatic amines is 1. The Morgan fingerprint density at radius 3 is 2.78 bits per heavy atom. The topological polar surface area (TPSA) is 93.9 Å². The minimum absolute atomic E-state index is 0.250. The molecule has 2 aromatic rings. The Morgan fingerprint density at radius 1 is 1.30 bits per heavy atom. The number of primary amides is 1. The van der Waals surface area contributed by atoms with Crippen LogP contribution in [0.2, 0.25) is 0 Å². The lowest BCUT2D eigenvalue weighted by Crippen LogP contribution is -2.14. The fraction of sp³-hybridized carbons (Fsp3) is 0.562. The fourth-order valence-electron chi connectivity index (χ4n) is 3.24. The van der Waals surface area contributed by atoms with E-state index in [0.29, 0.717) is 5.92 Å². The molecule has 4 rings (SSSR count). The van der Waals surface area contributed by atoms with E-state index in [1.807, 2.05) is 17.5 Å². The van der Waals surface area contributed by atoms with Crippen molar-refractivity contribution in [3.05, 3.63) is 22.3 Å². The molecule has 2 aromatic heterocycles. The molecule has 0 spiro atoms. The molecule has 0 bridgehead atoms. The zero-order valence-corrected chi connectivity index (χ0v) is 13.9. The SMILES string of the molecule is NC=O.c1n[nH]c(-c2nc3c(s2)CCCC3)c1C1CCOCC1. The van der Waals surface area contributed by atoms with E-state index in [4.69, 9.17) is 14.5 Å². The van der Waals surface area contributed by atoms with Crippen molar-refractivity contribution in [1.82, 2.24) is 15.2 Å². The third kappa shape index (κ3) is 3.61. The Balaban J connectivity index is 0.000000485. The Bertz CT molecular complexity index is 623. The minimum atomic E-state index is 0.250. The van der Waals surface area contributed by atoms with Gasteiger partial charge in [-0.3, -0.25) is 9.89 Å². The molecule has 0 radical (unpaired) electrons. The lowest BCUT2D eigenvalue weighted by Gasteiger charge is -2.21. The Hall–Kier alpha value is -1.73. The summed E-state index contributed by atoms with van der Waals surface area (Å²) in [7, 11) is 0. The molecule has 23 heavy (non-hydrogen) atoms. The number of aryl methyl sites for hydroxylation is 2. The van der Waals surface area contributed by atoms with Gasteiger partial charge >= 0.3 is 0 Å². The molecule has 1 saturated heterocycles. The van der Waals surface area contributed by atoms with Gasteiger partial charge in [-0.05, 0) is 44.4 Å². The summed E-state index contributed by atoms with van der Waals surface area (Å²) < 4.78 is 5.47. The lowest BCUT2D eigenvalue weighted by molar-refractivity contribution is -0.106. The number of ether oxygens (including phenoxy) is 1. The van der Waals surface area contributed by atoms with Crippen LogP contribution in [0.15, 0.2) is 6.20 Å². The number of rotatable bonds is 2. The van der Waals surface area contributed by atoms with Crippen LogP contribution in [0.4, 0.5) is 0 Å². The van der Waals surface area contributed by atoms with E-state index in [0.717, 1.165) is 43.2 Å². The van der Waals surface area contributed by atoms with Gasteiger partial charge in [0.2, 0.25) is 6.41 Å². The molecule has 0 unspecified atom stereocenters. The number of hydrogen-bond acceptors (Lipinski definition) is 5. The Labute approximate surface area is 139 Å². The number of nitrogens with two attached hydrogens (primary N) is 1. The van der Waals surface area contributed by atoms with E-state index in [-0.39, 0.29) is 6.41 Å². The highest BCUT2D eigenvalue weighted by molar-refractivity contribution is 7.15. The van der Waals surface area contributed by atoms with Crippen LogP contribution in [-0.2, 0) is 22.4 Å². The minimum Gasteiger partial charge on any atom is -0.381 e. The summed E-state index contributed by atoms with van der Waals surface area (Å²) in [5, 5.41) is 8.60. The van der Waals surface area contributed by atoms with E-state index in [1.165, 1.54) is 35.4 Å². The molecule has 6 nitrogen and oxygen atoms in total. The molecule has 1 aliphatic carbocycles. The van der Waals surface area contributed by atoms with E-state index < -0.39 is 0 Å². The predicted molar refractivity (Wildman–Crippen MR) is 89.4 cm³/mol. The van der Waals surface area contributed by atoms with Gasteiger partial charge in [0.15, 0.2) is 0 Å². The summed E-state index contributed by atoms with van der Waals surface area (Å²) in [4.78, 5) is 14.9. The molecule has 0 aromatic carbocycles. The molecule has 3 heterocycles. The maximum atomic E-state index is 8.58. The van der Waals surface area contributed by atoms with Crippen LogP contribution >= 0.6 is 11.3 Å². The smallest absolute Gasteiger partial charge is 0.204 e. The van der Waals surface area contributed by atoms with Crippen LogP contribution in [0.25, 0.3) is 10.7 Å². The summed E-state index contributed by atoms with van der Waals surface area (Å²) >= 11 is 1.86. The normalized spacial score (nSPS) is 17.9. The van der Waals surface area contributed by atoms with Gasteiger partial charge in [0.25, 0.3) is 0 Å². The maximum Gasteiger partial charge on any atom is 0.204 e. The van der Waals surface area contributed by atoms with Crippen LogP contribution in [-0.4, -0.2) is 34.8 Å². The zero-order valence-electron chi connectivity index (χ0n) is 13.1. The van der Waals surface area contributed by atoms with Gasteiger partial charge in [-0.2, -0.15) is 5.10 Å². The Kier molecular flexibility index (Phi) is 5.40. The second kappa shape index (κ2) is 7.70. The number of carbonyl (C=O) groups is 1. The second-order valence-electron chi connectivity index (χ2n) is 5.82. The number of fused-ring (bicyclic) bond motifs is 1. The predicted octanol–water partition coefficient (Wildman–Crippen LogP) is 2.41. The number of aromatic nitrogens is 3. The first kappa shape index (κ1) is 16.1. The van der Waals surface area contributed by atoms with Crippen LogP contribution in [0.1, 0.15) is 47.7 Å². The van der Waals surface area contributed by atoms with Crippen molar-refractivity contribution in [3.63, 3.8) is 0 Å². The van der Waals surface area contributed by atoms with Gasteiger partial charge in [-0.25, -0.2) is 4.98 Å². The summed E-state index contributed by atoms with van der Waals surface area (Å²) in [6.45, 7) is 1.73. The number of carbonyl (C=O) groups excluding carboxylic acids is 1. The summed E-state index contributed by atoms with van der Waals surface area (Å²) in [6, 6.07) is 0. The first-order valence-corrected chi connectivity index (χ1v) is 8.90. The summed E-state index contributed by atoms with van der Waals surface area (Å²) in [5.74, 6) is 0.568. The largest absolute Gasteiger partial charge is 0.381 e. The number of amides is 1. The third-order valence-corrected chi connectivity index (χ3v) is 5.56. The molecule has 2 aliphatic rings. The van der Waals surface area contributed by atoms with Crippen molar-refractivity contribution >= 4 is 17.7 Å². The van der Waals surface area contributed by atoms with E-state index in [1.54, 1.807) is 0 Å². The molecule has 1 fully saturated rings. The lowest BCUT2D eigenvalue weighted by atomic mass is 9.92. The highest BCUT2D eigenvalue weighted by Gasteiger charge is 2.24. The van der Waals surface area contributed by atoms with Gasteiger partial charge in [0.05, 0.1) is 17.6 Å². The quantitative estimate of drug-likeness (QED) is 0.825. The average molecular weight is 334 g/mol. The second-order valence-corrected chi connectivity index (χ2v) is 6.90. The molecule has 0 atom stereocenters. The molecule has 0 saturated carbocycles. The number of thiazole rings is 1. The number of hydrogen-bond donors (Lipinski definition) is 2.